The van der Waals surface area contributed by atoms with Gasteiger partial charge in [0.25, 0.3) is 0 Å². The molecule has 0 aromatic heterocycles. The third-order valence-corrected chi connectivity index (χ3v) is 6.46. The molecule has 0 aliphatic carbocycles. The molecule has 0 radical (unpaired) electrons. The number of nitrogens with one attached hydrogen (secondary N) is 2. The van der Waals surface area contributed by atoms with E-state index in [0.29, 0.717) is 29.7 Å². The van der Waals surface area contributed by atoms with Crippen LogP contribution >= 0.6 is 24.0 Å². The number of nitrogens with zero attached hydrogens (tertiary/aromatic N) is 3. The normalized spacial score (nSPS) is 17.5. The predicted molar refractivity (Wildman–Crippen MR) is 116 cm³/mol. The van der Waals surface area contributed by atoms with Crippen molar-refractivity contribution in [3.63, 3.8) is 0 Å². The Morgan fingerprint density at radius 3 is 2.21 bits per heavy atom. The van der Waals surface area contributed by atoms with Crippen molar-refractivity contribution < 1.29 is 21.6 Å². The zero-order valence-electron chi connectivity index (χ0n) is 16.8. The Bertz CT molecular complexity index is 563. The van der Waals surface area contributed by atoms with Crippen LogP contribution in [0.15, 0.2) is 4.99 Å². The molecule has 0 atom stereocenters. The van der Waals surface area contributed by atoms with Gasteiger partial charge >= 0.3 is 15.5 Å². The standard InChI is InChI=1S/C16H32F3N5O2S.HI/c1-4-23(5-2)10-6-9-21-15(20-3)22-13-14-7-11-24(12-8-14)27(25,26)16(17,18)19;/h14H,4-13H2,1-3H3,(H2,20,21,22);1H. The first-order chi connectivity index (χ1) is 12.7. The quantitative estimate of drug-likeness (QED) is 0.202. The maximum Gasteiger partial charge on any atom is 0.511 e. The lowest BCUT2D eigenvalue weighted by Crippen LogP contribution is -2.47. The van der Waals surface area contributed by atoms with Crippen LogP contribution in [-0.4, -0.2) is 82.0 Å². The van der Waals surface area contributed by atoms with Gasteiger partial charge in [-0.05, 0) is 44.8 Å². The minimum Gasteiger partial charge on any atom is -0.356 e. The number of aliphatic imine (C=N–C) groups is 1. The van der Waals surface area contributed by atoms with Crippen molar-refractivity contribution in [3.8, 4) is 0 Å². The van der Waals surface area contributed by atoms with Gasteiger partial charge < -0.3 is 15.5 Å². The predicted octanol–water partition coefficient (Wildman–Crippen LogP) is 2.06. The maximum atomic E-state index is 12.6. The Labute approximate surface area is 183 Å². The largest absolute Gasteiger partial charge is 0.511 e. The van der Waals surface area contributed by atoms with E-state index in [4.69, 9.17) is 0 Å². The second kappa shape index (κ2) is 13.1. The highest BCUT2D eigenvalue weighted by atomic mass is 127. The van der Waals surface area contributed by atoms with Gasteiger partial charge in [0.1, 0.15) is 0 Å². The second-order valence-electron chi connectivity index (χ2n) is 6.55. The van der Waals surface area contributed by atoms with Crippen molar-refractivity contribution in [2.75, 3.05) is 52.9 Å². The van der Waals surface area contributed by atoms with Crippen molar-refractivity contribution in [1.29, 1.82) is 0 Å². The van der Waals surface area contributed by atoms with E-state index in [-0.39, 0.29) is 43.0 Å². The lowest BCUT2D eigenvalue weighted by molar-refractivity contribution is -0.0496. The number of rotatable bonds is 9. The molecular formula is C16H33F3IN5O2S. The van der Waals surface area contributed by atoms with Crippen LogP contribution in [-0.2, 0) is 10.0 Å². The van der Waals surface area contributed by atoms with Gasteiger partial charge in [-0.15, -0.1) is 24.0 Å². The number of sulfonamides is 1. The van der Waals surface area contributed by atoms with Gasteiger partial charge in [-0.2, -0.15) is 17.5 Å². The van der Waals surface area contributed by atoms with Crippen LogP contribution in [0.3, 0.4) is 0 Å². The highest BCUT2D eigenvalue weighted by Crippen LogP contribution is 2.30. The molecule has 12 heteroatoms. The van der Waals surface area contributed by atoms with E-state index in [9.17, 15) is 21.6 Å². The fourth-order valence-electron chi connectivity index (χ4n) is 3.01. The van der Waals surface area contributed by atoms with Crippen molar-refractivity contribution in [3.05, 3.63) is 0 Å². The van der Waals surface area contributed by atoms with Crippen LogP contribution in [0.25, 0.3) is 0 Å². The average molecular weight is 543 g/mol. The Hall–Kier alpha value is -0.340. The molecule has 1 fully saturated rings. The summed E-state index contributed by atoms with van der Waals surface area (Å²) in [4.78, 5) is 6.48. The molecule has 0 aromatic carbocycles. The maximum absolute atomic E-state index is 12.6. The van der Waals surface area contributed by atoms with Gasteiger partial charge in [-0.3, -0.25) is 4.99 Å². The Balaban J connectivity index is 0.00000729. The van der Waals surface area contributed by atoms with E-state index in [1.807, 2.05) is 0 Å². The van der Waals surface area contributed by atoms with Crippen LogP contribution in [0.2, 0.25) is 0 Å². The van der Waals surface area contributed by atoms with Crippen LogP contribution < -0.4 is 10.6 Å². The van der Waals surface area contributed by atoms with Crippen molar-refractivity contribution in [1.82, 2.24) is 19.8 Å². The lowest BCUT2D eigenvalue weighted by Gasteiger charge is -2.31. The first-order valence-electron chi connectivity index (χ1n) is 9.39. The van der Waals surface area contributed by atoms with E-state index < -0.39 is 15.5 Å². The molecule has 168 valence electrons. The topological polar surface area (TPSA) is 77.0 Å². The summed E-state index contributed by atoms with van der Waals surface area (Å²) < 4.78 is 61.1. The van der Waals surface area contributed by atoms with Gasteiger partial charge in [0.15, 0.2) is 5.96 Å². The zero-order chi connectivity index (χ0) is 20.5. The average Bonchev–Trinajstić information content (AvgIpc) is 2.63. The minimum atomic E-state index is -5.23. The third-order valence-electron chi connectivity index (χ3n) is 4.83. The van der Waals surface area contributed by atoms with Gasteiger partial charge in [0, 0.05) is 33.2 Å². The molecule has 2 N–H and O–H groups in total. The molecule has 0 aromatic rings. The summed E-state index contributed by atoms with van der Waals surface area (Å²) in [5.74, 6) is 0.763. The summed E-state index contributed by atoms with van der Waals surface area (Å²) in [7, 11) is -3.55. The molecule has 0 saturated carbocycles. The number of guanidine groups is 1. The summed E-state index contributed by atoms with van der Waals surface area (Å²) in [6, 6.07) is 0. The number of hydrogen-bond acceptors (Lipinski definition) is 4. The molecule has 1 heterocycles. The lowest BCUT2D eigenvalue weighted by atomic mass is 9.98. The molecule has 28 heavy (non-hydrogen) atoms. The van der Waals surface area contributed by atoms with E-state index in [2.05, 4.69) is 34.4 Å². The van der Waals surface area contributed by atoms with Crippen LogP contribution in [0, 0.1) is 5.92 Å². The third kappa shape index (κ3) is 8.57. The first-order valence-corrected chi connectivity index (χ1v) is 10.8. The van der Waals surface area contributed by atoms with Gasteiger partial charge in [-0.25, -0.2) is 8.42 Å². The van der Waals surface area contributed by atoms with Crippen molar-refractivity contribution >= 4 is 40.0 Å². The molecule has 1 rings (SSSR count). The Kier molecular flexibility index (Phi) is 12.9. The second-order valence-corrected chi connectivity index (χ2v) is 8.48. The SMILES string of the molecule is CCN(CC)CCCNC(=NC)NCC1CCN(S(=O)(=O)C(F)(F)F)CC1.I. The summed E-state index contributed by atoms with van der Waals surface area (Å²) in [5, 5.41) is 6.40. The summed E-state index contributed by atoms with van der Waals surface area (Å²) in [6.45, 7) is 8.41. The first kappa shape index (κ1) is 27.7. The van der Waals surface area contributed by atoms with Crippen LogP contribution in [0.5, 0.6) is 0 Å². The molecule has 0 bridgehead atoms. The number of halogens is 4. The Morgan fingerprint density at radius 2 is 1.75 bits per heavy atom. The van der Waals surface area contributed by atoms with E-state index in [1.54, 1.807) is 7.05 Å². The molecule has 0 amide bonds. The zero-order valence-corrected chi connectivity index (χ0v) is 19.9. The molecule has 0 unspecified atom stereocenters. The van der Waals surface area contributed by atoms with Gasteiger partial charge in [-0.1, -0.05) is 13.8 Å². The van der Waals surface area contributed by atoms with E-state index in [0.717, 1.165) is 32.6 Å². The molecule has 1 aliphatic heterocycles. The van der Waals surface area contributed by atoms with Crippen molar-refractivity contribution in [2.24, 2.45) is 10.9 Å². The fraction of sp³-hybridized carbons (Fsp3) is 0.938. The van der Waals surface area contributed by atoms with E-state index >= 15 is 0 Å². The molecular weight excluding hydrogens is 510 g/mol. The van der Waals surface area contributed by atoms with Crippen molar-refractivity contribution in [2.45, 2.75) is 38.6 Å². The molecule has 7 nitrogen and oxygen atoms in total. The van der Waals surface area contributed by atoms with Gasteiger partial charge in [0.05, 0.1) is 0 Å². The van der Waals surface area contributed by atoms with E-state index in [1.165, 1.54) is 0 Å². The fourth-order valence-corrected chi connectivity index (χ4v) is 4.00. The molecule has 1 aliphatic rings. The highest BCUT2D eigenvalue weighted by molar-refractivity contribution is 14.0. The minimum absolute atomic E-state index is 0. The molecule has 0 spiro atoms. The van der Waals surface area contributed by atoms with Crippen LogP contribution in [0.4, 0.5) is 13.2 Å². The summed E-state index contributed by atoms with van der Waals surface area (Å²) in [5.41, 5.74) is -5.23. The number of alkyl halides is 3. The van der Waals surface area contributed by atoms with Gasteiger partial charge in [0.2, 0.25) is 0 Å². The summed E-state index contributed by atoms with van der Waals surface area (Å²) in [6.07, 6.45) is 1.76. The number of hydrogen-bond donors (Lipinski definition) is 2. The molecule has 1 saturated heterocycles. The summed E-state index contributed by atoms with van der Waals surface area (Å²) >= 11 is 0. The van der Waals surface area contributed by atoms with Crippen LogP contribution in [0.1, 0.15) is 33.1 Å². The smallest absolute Gasteiger partial charge is 0.356 e. The Morgan fingerprint density at radius 1 is 1.18 bits per heavy atom. The number of piperidine rings is 1. The monoisotopic (exact) mass is 543 g/mol. The highest BCUT2D eigenvalue weighted by Gasteiger charge is 2.50.